The van der Waals surface area contributed by atoms with Gasteiger partial charge in [0.05, 0.1) is 5.52 Å². The molecule has 0 saturated heterocycles. The van der Waals surface area contributed by atoms with Gasteiger partial charge in [0.15, 0.2) is 11.5 Å². The SMILES string of the molecule is Cc1ccc2c3c(ccc2n1)OC[C@H](CN[C@@H]1CCc2c([nH]c4ccccc24)C1)O3.Cl.Cl. The van der Waals surface area contributed by atoms with Crippen LogP contribution in [0, 0.1) is 6.92 Å². The number of fused-ring (bicyclic) bond motifs is 6. The van der Waals surface area contributed by atoms with E-state index in [4.69, 9.17) is 9.47 Å². The Morgan fingerprint density at radius 2 is 1.94 bits per heavy atom. The van der Waals surface area contributed by atoms with Gasteiger partial charge < -0.3 is 19.8 Å². The van der Waals surface area contributed by atoms with Crippen molar-refractivity contribution in [2.75, 3.05) is 13.2 Å². The standard InChI is InChI=1S/C25H25N3O2.2ClH/c1-15-6-8-20-22(27-15)10-11-24-25(20)30-17(14-29-24)13-26-16-7-9-19-18-4-2-3-5-21(18)28-23(19)12-16;;/h2-6,8,10-11,16-17,26,28H,7,9,12-14H2,1H3;2*1H/t16-,17+;;/m1../s1. The zero-order valence-electron chi connectivity index (χ0n) is 17.9. The van der Waals surface area contributed by atoms with E-state index < -0.39 is 0 Å². The molecule has 2 aliphatic rings. The first-order valence-electron chi connectivity index (χ1n) is 10.8. The van der Waals surface area contributed by atoms with E-state index in [9.17, 15) is 0 Å². The topological polar surface area (TPSA) is 59.2 Å². The quantitative estimate of drug-likeness (QED) is 0.433. The molecule has 0 spiro atoms. The van der Waals surface area contributed by atoms with Gasteiger partial charge in [0.25, 0.3) is 0 Å². The van der Waals surface area contributed by atoms with Crippen molar-refractivity contribution in [2.24, 2.45) is 0 Å². The van der Waals surface area contributed by atoms with Gasteiger partial charge in [0, 0.05) is 46.7 Å². The summed E-state index contributed by atoms with van der Waals surface area (Å²) in [6.45, 7) is 3.34. The summed E-state index contributed by atoms with van der Waals surface area (Å²) in [6, 6.07) is 17.1. The van der Waals surface area contributed by atoms with E-state index >= 15 is 0 Å². The Hall–Kier alpha value is -2.47. The molecule has 0 bridgehead atoms. The summed E-state index contributed by atoms with van der Waals surface area (Å²) in [5, 5.41) is 6.12. The Balaban J connectivity index is 0.00000122. The normalized spacial score (nSPS) is 19.2. The lowest BCUT2D eigenvalue weighted by Crippen LogP contribution is -2.44. The van der Waals surface area contributed by atoms with Crippen LogP contribution < -0.4 is 14.8 Å². The summed E-state index contributed by atoms with van der Waals surface area (Å²) in [7, 11) is 0. The number of hydrogen-bond acceptors (Lipinski definition) is 4. The zero-order chi connectivity index (χ0) is 20.1. The van der Waals surface area contributed by atoms with E-state index in [1.165, 1.54) is 22.2 Å². The smallest absolute Gasteiger partial charge is 0.171 e. The summed E-state index contributed by atoms with van der Waals surface area (Å²) >= 11 is 0. The van der Waals surface area contributed by atoms with Crippen LogP contribution in [0.15, 0.2) is 48.5 Å². The van der Waals surface area contributed by atoms with Crippen molar-refractivity contribution in [1.82, 2.24) is 15.3 Å². The van der Waals surface area contributed by atoms with Crippen molar-refractivity contribution in [1.29, 1.82) is 0 Å². The van der Waals surface area contributed by atoms with Crippen LogP contribution in [0.3, 0.4) is 0 Å². The molecule has 6 rings (SSSR count). The molecule has 0 unspecified atom stereocenters. The molecule has 2 N–H and O–H groups in total. The highest BCUT2D eigenvalue weighted by Gasteiger charge is 2.26. The highest BCUT2D eigenvalue weighted by molar-refractivity contribution is 5.88. The number of para-hydroxylation sites is 1. The molecule has 0 fully saturated rings. The largest absolute Gasteiger partial charge is 0.486 e. The number of nitrogens with zero attached hydrogens (tertiary/aromatic N) is 1. The zero-order valence-corrected chi connectivity index (χ0v) is 19.5. The minimum absolute atomic E-state index is 0. The molecule has 7 heteroatoms. The minimum Gasteiger partial charge on any atom is -0.486 e. The van der Waals surface area contributed by atoms with Crippen molar-refractivity contribution < 1.29 is 9.47 Å². The first-order valence-corrected chi connectivity index (χ1v) is 10.8. The fourth-order valence-electron chi connectivity index (χ4n) is 4.83. The van der Waals surface area contributed by atoms with Gasteiger partial charge in [-0.1, -0.05) is 18.2 Å². The molecule has 3 heterocycles. The van der Waals surface area contributed by atoms with Crippen LogP contribution in [-0.2, 0) is 12.8 Å². The van der Waals surface area contributed by atoms with Gasteiger partial charge in [-0.3, -0.25) is 4.98 Å². The number of benzene rings is 2. The van der Waals surface area contributed by atoms with Crippen LogP contribution in [-0.4, -0.2) is 35.3 Å². The van der Waals surface area contributed by atoms with Crippen molar-refractivity contribution in [3.05, 3.63) is 65.5 Å². The van der Waals surface area contributed by atoms with E-state index in [1.54, 1.807) is 0 Å². The summed E-state index contributed by atoms with van der Waals surface area (Å²) in [5.41, 5.74) is 6.07. The van der Waals surface area contributed by atoms with E-state index in [0.29, 0.717) is 12.6 Å². The molecule has 1 aliphatic heterocycles. The van der Waals surface area contributed by atoms with Crippen LogP contribution in [0.2, 0.25) is 0 Å². The number of H-pyrrole nitrogens is 1. The van der Waals surface area contributed by atoms with Gasteiger partial charge in [-0.05, 0) is 55.7 Å². The van der Waals surface area contributed by atoms with E-state index in [2.05, 4.69) is 45.6 Å². The lowest BCUT2D eigenvalue weighted by Gasteiger charge is -2.30. The van der Waals surface area contributed by atoms with Crippen molar-refractivity contribution in [3.8, 4) is 11.5 Å². The third-order valence-corrected chi connectivity index (χ3v) is 6.36. The van der Waals surface area contributed by atoms with Crippen molar-refractivity contribution in [2.45, 2.75) is 38.3 Å². The van der Waals surface area contributed by atoms with Crippen molar-refractivity contribution in [3.63, 3.8) is 0 Å². The summed E-state index contributed by atoms with van der Waals surface area (Å²) in [5.74, 6) is 1.63. The number of aromatic nitrogens is 2. The summed E-state index contributed by atoms with van der Waals surface area (Å²) < 4.78 is 12.4. The molecule has 2 atom stereocenters. The Morgan fingerprint density at radius 3 is 2.84 bits per heavy atom. The van der Waals surface area contributed by atoms with E-state index in [0.717, 1.165) is 53.9 Å². The molecule has 1 aliphatic carbocycles. The number of hydrogen-bond donors (Lipinski definition) is 2. The predicted octanol–water partition coefficient (Wildman–Crippen LogP) is 5.16. The van der Waals surface area contributed by atoms with Gasteiger partial charge in [-0.2, -0.15) is 0 Å². The fourth-order valence-corrected chi connectivity index (χ4v) is 4.83. The molecule has 0 amide bonds. The second-order valence-corrected chi connectivity index (χ2v) is 8.44. The number of aryl methyl sites for hydroxylation is 2. The Bertz CT molecular complexity index is 1260. The first kappa shape index (κ1) is 22.7. The predicted molar refractivity (Wildman–Crippen MR) is 133 cm³/mol. The van der Waals surface area contributed by atoms with Gasteiger partial charge in [0.2, 0.25) is 0 Å². The molecule has 0 radical (unpaired) electrons. The average molecular weight is 472 g/mol. The minimum atomic E-state index is -0.00601. The first-order chi connectivity index (χ1) is 14.7. The van der Waals surface area contributed by atoms with Crippen LogP contribution in [0.1, 0.15) is 23.4 Å². The van der Waals surface area contributed by atoms with Crippen molar-refractivity contribution >= 4 is 46.6 Å². The van der Waals surface area contributed by atoms with E-state index in [-0.39, 0.29) is 30.9 Å². The second kappa shape index (κ2) is 9.18. The lowest BCUT2D eigenvalue weighted by molar-refractivity contribution is 0.0896. The number of ether oxygens (including phenoxy) is 2. The van der Waals surface area contributed by atoms with Crippen LogP contribution in [0.4, 0.5) is 0 Å². The Kier molecular flexibility index (Phi) is 6.52. The highest BCUT2D eigenvalue weighted by atomic mass is 35.5. The monoisotopic (exact) mass is 471 g/mol. The van der Waals surface area contributed by atoms with Crippen LogP contribution in [0.5, 0.6) is 11.5 Å². The highest BCUT2D eigenvalue weighted by Crippen LogP contribution is 2.38. The van der Waals surface area contributed by atoms with Gasteiger partial charge in [0.1, 0.15) is 12.7 Å². The van der Waals surface area contributed by atoms with Gasteiger partial charge in [-0.25, -0.2) is 0 Å². The second-order valence-electron chi connectivity index (χ2n) is 8.44. The summed E-state index contributed by atoms with van der Waals surface area (Å²) in [4.78, 5) is 8.23. The molecule has 32 heavy (non-hydrogen) atoms. The fraction of sp³-hybridized carbons (Fsp3) is 0.320. The average Bonchev–Trinajstić information content (AvgIpc) is 3.15. The van der Waals surface area contributed by atoms with Gasteiger partial charge in [-0.15, -0.1) is 24.8 Å². The maximum Gasteiger partial charge on any atom is 0.171 e. The third-order valence-electron chi connectivity index (χ3n) is 6.36. The number of nitrogens with one attached hydrogen (secondary N) is 2. The molecule has 2 aromatic heterocycles. The lowest BCUT2D eigenvalue weighted by atomic mass is 9.91. The molecule has 168 valence electrons. The maximum atomic E-state index is 6.36. The molecule has 5 nitrogen and oxygen atoms in total. The molecular weight excluding hydrogens is 445 g/mol. The van der Waals surface area contributed by atoms with E-state index in [1.807, 2.05) is 25.1 Å². The number of pyridine rings is 1. The van der Waals surface area contributed by atoms with Crippen LogP contribution >= 0.6 is 24.8 Å². The molecular formula is C25H27Cl2N3O2. The molecule has 0 saturated carbocycles. The molecule has 4 aromatic rings. The number of aromatic amines is 1. The number of rotatable bonds is 3. The number of halogens is 2. The third kappa shape index (κ3) is 4.01. The summed E-state index contributed by atoms with van der Waals surface area (Å²) in [6.07, 6.45) is 3.27. The Morgan fingerprint density at radius 1 is 1.06 bits per heavy atom. The Labute approximate surface area is 199 Å². The molecule has 2 aromatic carbocycles. The maximum absolute atomic E-state index is 6.36. The van der Waals surface area contributed by atoms with Gasteiger partial charge >= 0.3 is 0 Å². The van der Waals surface area contributed by atoms with Crippen LogP contribution in [0.25, 0.3) is 21.8 Å².